The minimum absolute atomic E-state index is 0.511. The summed E-state index contributed by atoms with van der Waals surface area (Å²) in [6.07, 6.45) is 3.85. The van der Waals surface area contributed by atoms with Gasteiger partial charge in [-0.05, 0) is 49.4 Å². The van der Waals surface area contributed by atoms with Crippen LogP contribution in [0.1, 0.15) is 62.8 Å². The van der Waals surface area contributed by atoms with Gasteiger partial charge in [-0.3, -0.25) is 0 Å². The number of benzene rings is 1. The molecular weight excluding hydrogens is 218 g/mol. The van der Waals surface area contributed by atoms with Gasteiger partial charge in [0.05, 0.1) is 0 Å². The largest absolute Gasteiger partial charge is 0.310 e. The molecule has 18 heavy (non-hydrogen) atoms. The molecule has 0 radical (unpaired) electrons. The zero-order chi connectivity index (χ0) is 13.5. The van der Waals surface area contributed by atoms with Gasteiger partial charge in [0.25, 0.3) is 0 Å². The van der Waals surface area contributed by atoms with Crippen LogP contribution in [-0.4, -0.2) is 6.54 Å². The Morgan fingerprint density at radius 2 is 1.89 bits per heavy atom. The molecule has 0 amide bonds. The molecule has 2 unspecified atom stereocenters. The fraction of sp³-hybridized carbons (Fsp3) is 0.647. The molecule has 0 saturated carbocycles. The summed E-state index contributed by atoms with van der Waals surface area (Å²) in [6, 6.07) is 7.19. The fourth-order valence-corrected chi connectivity index (χ4v) is 2.73. The first kappa shape index (κ1) is 15.2. The van der Waals surface area contributed by atoms with E-state index in [9.17, 15) is 0 Å². The van der Waals surface area contributed by atoms with Gasteiger partial charge in [-0.25, -0.2) is 0 Å². The van der Waals surface area contributed by atoms with Gasteiger partial charge in [-0.1, -0.05) is 51.8 Å². The fourth-order valence-electron chi connectivity index (χ4n) is 2.73. The van der Waals surface area contributed by atoms with Crippen LogP contribution in [0.25, 0.3) is 0 Å². The van der Waals surface area contributed by atoms with Crippen molar-refractivity contribution < 1.29 is 0 Å². The quantitative estimate of drug-likeness (QED) is 0.731. The van der Waals surface area contributed by atoms with Gasteiger partial charge in [0.1, 0.15) is 0 Å². The minimum Gasteiger partial charge on any atom is -0.310 e. The predicted molar refractivity (Wildman–Crippen MR) is 81.0 cm³/mol. The second-order valence-corrected chi connectivity index (χ2v) is 5.53. The molecular formula is C17H29N. The van der Waals surface area contributed by atoms with E-state index in [1.807, 2.05) is 0 Å². The third-order valence-corrected chi connectivity index (χ3v) is 3.89. The molecule has 1 heteroatoms. The van der Waals surface area contributed by atoms with Gasteiger partial charge in [0.15, 0.2) is 0 Å². The topological polar surface area (TPSA) is 12.0 Å². The highest BCUT2D eigenvalue weighted by Crippen LogP contribution is 2.27. The van der Waals surface area contributed by atoms with Gasteiger partial charge in [0, 0.05) is 6.04 Å². The van der Waals surface area contributed by atoms with Crippen molar-refractivity contribution in [2.24, 2.45) is 5.92 Å². The Bertz CT molecular complexity index is 357. The van der Waals surface area contributed by atoms with E-state index in [2.05, 4.69) is 58.1 Å². The average molecular weight is 247 g/mol. The van der Waals surface area contributed by atoms with Gasteiger partial charge in [0.2, 0.25) is 0 Å². The Labute approximate surface area is 113 Å². The van der Waals surface area contributed by atoms with Crippen molar-refractivity contribution in [3.05, 3.63) is 34.9 Å². The third-order valence-electron chi connectivity index (χ3n) is 3.89. The summed E-state index contributed by atoms with van der Waals surface area (Å²) in [5.74, 6) is 0.791. The van der Waals surface area contributed by atoms with Crippen LogP contribution in [0.5, 0.6) is 0 Å². The Morgan fingerprint density at radius 3 is 2.50 bits per heavy atom. The van der Waals surface area contributed by atoms with E-state index < -0.39 is 0 Å². The van der Waals surface area contributed by atoms with Crippen LogP contribution in [0.3, 0.4) is 0 Å². The molecule has 0 spiro atoms. The molecule has 0 heterocycles. The number of hydrogen-bond acceptors (Lipinski definition) is 1. The van der Waals surface area contributed by atoms with Gasteiger partial charge >= 0.3 is 0 Å². The molecule has 0 saturated heterocycles. The number of nitrogens with one attached hydrogen (secondary N) is 1. The molecule has 0 aliphatic heterocycles. The lowest BCUT2D eigenvalue weighted by Gasteiger charge is -2.24. The van der Waals surface area contributed by atoms with Crippen LogP contribution in [0.2, 0.25) is 0 Å². The van der Waals surface area contributed by atoms with Crippen LogP contribution in [0.4, 0.5) is 0 Å². The monoisotopic (exact) mass is 247 g/mol. The van der Waals surface area contributed by atoms with E-state index in [1.54, 1.807) is 0 Å². The highest BCUT2D eigenvalue weighted by Gasteiger charge is 2.16. The lowest BCUT2D eigenvalue weighted by Crippen LogP contribution is -2.24. The molecule has 102 valence electrons. The molecule has 2 atom stereocenters. The van der Waals surface area contributed by atoms with Crippen LogP contribution < -0.4 is 5.32 Å². The second-order valence-electron chi connectivity index (χ2n) is 5.53. The van der Waals surface area contributed by atoms with E-state index >= 15 is 0 Å². The van der Waals surface area contributed by atoms with Crippen molar-refractivity contribution in [3.63, 3.8) is 0 Å². The second kappa shape index (κ2) is 7.58. The zero-order valence-corrected chi connectivity index (χ0v) is 12.7. The molecule has 0 aliphatic carbocycles. The summed E-state index contributed by atoms with van der Waals surface area (Å²) in [4.78, 5) is 0. The van der Waals surface area contributed by atoms with Crippen LogP contribution in [0, 0.1) is 19.8 Å². The summed E-state index contributed by atoms with van der Waals surface area (Å²) in [5.41, 5.74) is 4.34. The maximum absolute atomic E-state index is 3.66. The Morgan fingerprint density at radius 1 is 1.17 bits per heavy atom. The summed E-state index contributed by atoms with van der Waals surface area (Å²) in [6.45, 7) is 12.3. The third kappa shape index (κ3) is 4.13. The minimum atomic E-state index is 0.511. The maximum Gasteiger partial charge on any atom is 0.0325 e. The average Bonchev–Trinajstić information content (AvgIpc) is 2.32. The van der Waals surface area contributed by atoms with E-state index in [1.165, 1.54) is 36.0 Å². The first-order valence-electron chi connectivity index (χ1n) is 7.39. The van der Waals surface area contributed by atoms with Crippen molar-refractivity contribution in [1.29, 1.82) is 0 Å². The maximum atomic E-state index is 3.66. The SMILES string of the molecule is CCCC(C)CC(NCC)c1cccc(C)c1C. The van der Waals surface area contributed by atoms with Crippen molar-refractivity contribution in [2.45, 2.75) is 59.9 Å². The Kier molecular flexibility index (Phi) is 6.42. The molecule has 0 bridgehead atoms. The Balaban J connectivity index is 2.86. The summed E-state index contributed by atoms with van der Waals surface area (Å²) >= 11 is 0. The number of rotatable bonds is 7. The van der Waals surface area contributed by atoms with Crippen molar-refractivity contribution in [1.82, 2.24) is 5.32 Å². The highest BCUT2D eigenvalue weighted by atomic mass is 14.9. The lowest BCUT2D eigenvalue weighted by molar-refractivity contribution is 0.394. The standard InChI is InChI=1S/C17H29N/c1-6-9-13(3)12-17(18-7-2)16-11-8-10-14(4)15(16)5/h8,10-11,13,17-18H,6-7,9,12H2,1-5H3. The first-order valence-corrected chi connectivity index (χ1v) is 7.39. The van der Waals surface area contributed by atoms with Crippen molar-refractivity contribution >= 4 is 0 Å². The number of aryl methyl sites for hydroxylation is 1. The molecule has 1 rings (SSSR count). The molecule has 1 aromatic rings. The summed E-state index contributed by atoms with van der Waals surface area (Å²) < 4.78 is 0. The molecule has 1 aromatic carbocycles. The van der Waals surface area contributed by atoms with E-state index in [4.69, 9.17) is 0 Å². The summed E-state index contributed by atoms with van der Waals surface area (Å²) in [7, 11) is 0. The molecule has 0 aliphatic rings. The number of hydrogen-bond donors (Lipinski definition) is 1. The van der Waals surface area contributed by atoms with Gasteiger partial charge < -0.3 is 5.32 Å². The van der Waals surface area contributed by atoms with E-state index in [0.717, 1.165) is 12.5 Å². The molecule has 1 nitrogen and oxygen atoms in total. The smallest absolute Gasteiger partial charge is 0.0325 e. The highest BCUT2D eigenvalue weighted by molar-refractivity contribution is 5.35. The van der Waals surface area contributed by atoms with E-state index in [-0.39, 0.29) is 0 Å². The van der Waals surface area contributed by atoms with Gasteiger partial charge in [-0.15, -0.1) is 0 Å². The lowest BCUT2D eigenvalue weighted by atomic mass is 9.89. The first-order chi connectivity index (χ1) is 8.60. The van der Waals surface area contributed by atoms with Gasteiger partial charge in [-0.2, -0.15) is 0 Å². The molecule has 0 aromatic heterocycles. The Hall–Kier alpha value is -0.820. The van der Waals surface area contributed by atoms with Crippen molar-refractivity contribution in [3.8, 4) is 0 Å². The zero-order valence-electron chi connectivity index (χ0n) is 12.7. The van der Waals surface area contributed by atoms with Crippen LogP contribution >= 0.6 is 0 Å². The van der Waals surface area contributed by atoms with Crippen molar-refractivity contribution in [2.75, 3.05) is 6.54 Å². The molecule has 0 fully saturated rings. The normalized spacial score (nSPS) is 14.5. The van der Waals surface area contributed by atoms with Crippen LogP contribution in [0.15, 0.2) is 18.2 Å². The summed E-state index contributed by atoms with van der Waals surface area (Å²) in [5, 5.41) is 3.66. The van der Waals surface area contributed by atoms with Crippen LogP contribution in [-0.2, 0) is 0 Å². The molecule has 1 N–H and O–H groups in total. The van der Waals surface area contributed by atoms with E-state index in [0.29, 0.717) is 6.04 Å². The predicted octanol–water partition coefficient (Wildman–Crippen LogP) is 4.78.